The Morgan fingerprint density at radius 1 is 1.22 bits per heavy atom. The third kappa shape index (κ3) is 2.78. The summed E-state index contributed by atoms with van der Waals surface area (Å²) in [5.74, 6) is 1.42. The van der Waals surface area contributed by atoms with Crippen molar-refractivity contribution >= 4 is 5.82 Å². The van der Waals surface area contributed by atoms with E-state index in [1.54, 1.807) is 13.3 Å². The molecule has 4 heteroatoms. The van der Waals surface area contributed by atoms with Crippen LogP contribution >= 0.6 is 0 Å². The van der Waals surface area contributed by atoms with Gasteiger partial charge in [0, 0.05) is 12.7 Å². The van der Waals surface area contributed by atoms with E-state index in [0.29, 0.717) is 18.1 Å². The molecule has 3 N–H and O–H groups in total. The molecule has 0 saturated heterocycles. The molecule has 1 aromatic carbocycles. The first-order valence-electron chi connectivity index (χ1n) is 5.85. The number of anilines is 1. The van der Waals surface area contributed by atoms with Gasteiger partial charge in [0.1, 0.15) is 0 Å². The molecule has 0 radical (unpaired) electrons. The zero-order valence-electron chi connectivity index (χ0n) is 10.3. The van der Waals surface area contributed by atoms with Crippen LogP contribution in [0, 0.1) is 0 Å². The normalized spacial score (nSPS) is 11.9. The molecule has 0 saturated carbocycles. The van der Waals surface area contributed by atoms with Gasteiger partial charge in [-0.3, -0.25) is 0 Å². The fourth-order valence-corrected chi connectivity index (χ4v) is 1.79. The highest BCUT2D eigenvalue weighted by atomic mass is 16.5. The molecule has 1 aromatic heterocycles. The fourth-order valence-electron chi connectivity index (χ4n) is 1.79. The number of benzene rings is 1. The van der Waals surface area contributed by atoms with E-state index in [2.05, 4.69) is 10.3 Å². The van der Waals surface area contributed by atoms with E-state index in [-0.39, 0.29) is 6.04 Å². The van der Waals surface area contributed by atoms with Gasteiger partial charge in [0.05, 0.1) is 13.2 Å². The van der Waals surface area contributed by atoms with Crippen LogP contribution in [0.4, 0.5) is 5.82 Å². The largest absolute Gasteiger partial charge is 0.493 e. The zero-order chi connectivity index (χ0) is 12.8. The molecule has 1 atom stereocenters. The first-order chi connectivity index (χ1) is 8.85. The Morgan fingerprint density at radius 2 is 2.00 bits per heavy atom. The molecule has 2 aromatic rings. The van der Waals surface area contributed by atoms with Gasteiger partial charge in [-0.2, -0.15) is 0 Å². The Hall–Kier alpha value is -2.07. The van der Waals surface area contributed by atoms with Gasteiger partial charge in [0.15, 0.2) is 11.6 Å². The van der Waals surface area contributed by atoms with Crippen LogP contribution in [0.2, 0.25) is 0 Å². The minimum atomic E-state index is 0.0231. The van der Waals surface area contributed by atoms with Crippen LogP contribution < -0.4 is 15.8 Å². The summed E-state index contributed by atoms with van der Waals surface area (Å²) in [7, 11) is 1.63. The molecule has 1 heterocycles. The van der Waals surface area contributed by atoms with Crippen LogP contribution in [0.5, 0.6) is 5.75 Å². The Bertz CT molecular complexity index is 487. The molecular weight excluding hydrogens is 226 g/mol. The van der Waals surface area contributed by atoms with Crippen molar-refractivity contribution in [3.05, 3.63) is 54.2 Å². The predicted octanol–water partition coefficient (Wildman–Crippen LogP) is 2.20. The van der Waals surface area contributed by atoms with Crippen molar-refractivity contribution in [1.29, 1.82) is 0 Å². The quantitative estimate of drug-likeness (QED) is 0.845. The third-order valence-electron chi connectivity index (χ3n) is 2.74. The minimum Gasteiger partial charge on any atom is -0.493 e. The number of nitrogens with two attached hydrogens (primary N) is 1. The lowest BCUT2D eigenvalue weighted by atomic mass is 10.1. The summed E-state index contributed by atoms with van der Waals surface area (Å²) in [6.07, 6.45) is 1.73. The maximum absolute atomic E-state index is 5.81. The molecule has 0 aliphatic carbocycles. The number of nitrogens with one attached hydrogen (secondary N) is 1. The summed E-state index contributed by atoms with van der Waals surface area (Å²) >= 11 is 0. The van der Waals surface area contributed by atoms with Crippen molar-refractivity contribution in [3.63, 3.8) is 0 Å². The van der Waals surface area contributed by atoms with Crippen LogP contribution in [-0.4, -0.2) is 18.6 Å². The molecule has 4 nitrogen and oxygen atoms in total. The van der Waals surface area contributed by atoms with Gasteiger partial charge in [-0.15, -0.1) is 0 Å². The van der Waals surface area contributed by atoms with Gasteiger partial charge in [0.2, 0.25) is 0 Å². The van der Waals surface area contributed by atoms with E-state index in [0.717, 1.165) is 5.56 Å². The molecule has 0 amide bonds. The molecule has 18 heavy (non-hydrogen) atoms. The summed E-state index contributed by atoms with van der Waals surface area (Å²) in [6, 6.07) is 13.8. The highest BCUT2D eigenvalue weighted by Gasteiger charge is 2.12. The van der Waals surface area contributed by atoms with Crippen molar-refractivity contribution in [1.82, 2.24) is 4.98 Å². The van der Waals surface area contributed by atoms with Crippen LogP contribution in [0.3, 0.4) is 0 Å². The molecular formula is C14H17N3O. The molecule has 1 unspecified atom stereocenters. The lowest BCUT2D eigenvalue weighted by Crippen LogP contribution is -2.21. The Labute approximate surface area is 107 Å². The number of nitrogens with zero attached hydrogens (tertiary/aromatic N) is 1. The number of ether oxygens (including phenoxy) is 1. The second kappa shape index (κ2) is 6.02. The number of aromatic nitrogens is 1. The van der Waals surface area contributed by atoms with Gasteiger partial charge in [-0.05, 0) is 17.7 Å². The summed E-state index contributed by atoms with van der Waals surface area (Å²) < 4.78 is 5.26. The molecule has 0 bridgehead atoms. The molecule has 0 aliphatic heterocycles. The van der Waals surface area contributed by atoms with Crippen molar-refractivity contribution in [2.75, 3.05) is 19.0 Å². The van der Waals surface area contributed by atoms with Gasteiger partial charge >= 0.3 is 0 Å². The average Bonchev–Trinajstić information content (AvgIpc) is 2.46. The number of hydrogen-bond acceptors (Lipinski definition) is 4. The van der Waals surface area contributed by atoms with E-state index in [1.165, 1.54) is 0 Å². The fraction of sp³-hybridized carbons (Fsp3) is 0.214. The van der Waals surface area contributed by atoms with E-state index < -0.39 is 0 Å². The average molecular weight is 243 g/mol. The second-order valence-corrected chi connectivity index (χ2v) is 3.90. The standard InChI is InChI=1S/C14H17N3O/c1-18-13-8-5-9-16-14(13)17-12(10-15)11-6-3-2-4-7-11/h2-9,12H,10,15H2,1H3,(H,16,17). The second-order valence-electron chi connectivity index (χ2n) is 3.90. The first-order valence-corrected chi connectivity index (χ1v) is 5.85. The van der Waals surface area contributed by atoms with Crippen LogP contribution in [0.1, 0.15) is 11.6 Å². The molecule has 0 fully saturated rings. The maximum Gasteiger partial charge on any atom is 0.169 e. The van der Waals surface area contributed by atoms with Crippen molar-refractivity contribution in [3.8, 4) is 5.75 Å². The molecule has 0 aliphatic rings. The number of hydrogen-bond donors (Lipinski definition) is 2. The lowest BCUT2D eigenvalue weighted by molar-refractivity contribution is 0.414. The third-order valence-corrected chi connectivity index (χ3v) is 2.74. The Kier molecular flexibility index (Phi) is 4.15. The monoisotopic (exact) mass is 243 g/mol. The van der Waals surface area contributed by atoms with Crippen LogP contribution in [0.15, 0.2) is 48.7 Å². The van der Waals surface area contributed by atoms with Gasteiger partial charge < -0.3 is 15.8 Å². The number of rotatable bonds is 5. The van der Waals surface area contributed by atoms with Crippen molar-refractivity contribution in [2.24, 2.45) is 5.73 Å². The van der Waals surface area contributed by atoms with Gasteiger partial charge in [0.25, 0.3) is 0 Å². The predicted molar refractivity (Wildman–Crippen MR) is 72.6 cm³/mol. The van der Waals surface area contributed by atoms with E-state index in [1.807, 2.05) is 42.5 Å². The highest BCUT2D eigenvalue weighted by molar-refractivity contribution is 5.51. The highest BCUT2D eigenvalue weighted by Crippen LogP contribution is 2.24. The molecule has 2 rings (SSSR count). The maximum atomic E-state index is 5.81. The zero-order valence-corrected chi connectivity index (χ0v) is 10.3. The van der Waals surface area contributed by atoms with Crippen LogP contribution in [0.25, 0.3) is 0 Å². The number of methoxy groups -OCH3 is 1. The topological polar surface area (TPSA) is 60.2 Å². The minimum absolute atomic E-state index is 0.0231. The number of pyridine rings is 1. The van der Waals surface area contributed by atoms with E-state index in [9.17, 15) is 0 Å². The Balaban J connectivity index is 2.21. The van der Waals surface area contributed by atoms with E-state index >= 15 is 0 Å². The van der Waals surface area contributed by atoms with Gasteiger partial charge in [-0.1, -0.05) is 30.3 Å². The van der Waals surface area contributed by atoms with Crippen molar-refractivity contribution < 1.29 is 4.74 Å². The summed E-state index contributed by atoms with van der Waals surface area (Å²) in [5, 5.41) is 3.30. The summed E-state index contributed by atoms with van der Waals surface area (Å²) in [5.41, 5.74) is 6.95. The summed E-state index contributed by atoms with van der Waals surface area (Å²) in [4.78, 5) is 4.27. The molecule has 94 valence electrons. The first kappa shape index (κ1) is 12.4. The summed E-state index contributed by atoms with van der Waals surface area (Å²) in [6.45, 7) is 0.490. The SMILES string of the molecule is COc1cccnc1NC(CN)c1ccccc1. The van der Waals surface area contributed by atoms with Gasteiger partial charge in [-0.25, -0.2) is 4.98 Å². The Morgan fingerprint density at radius 3 is 2.67 bits per heavy atom. The smallest absolute Gasteiger partial charge is 0.169 e. The molecule has 0 spiro atoms. The van der Waals surface area contributed by atoms with Crippen molar-refractivity contribution in [2.45, 2.75) is 6.04 Å². The lowest BCUT2D eigenvalue weighted by Gasteiger charge is -2.19. The van der Waals surface area contributed by atoms with E-state index in [4.69, 9.17) is 10.5 Å². The van der Waals surface area contributed by atoms with Crippen LogP contribution in [-0.2, 0) is 0 Å².